The molecule has 0 saturated carbocycles. The van der Waals surface area contributed by atoms with Gasteiger partial charge in [-0.15, -0.1) is 5.46 Å². The van der Waals surface area contributed by atoms with Crippen LogP contribution in [0.5, 0.6) is 0 Å². The van der Waals surface area contributed by atoms with Gasteiger partial charge in [0.25, 0.3) is 0 Å². The lowest BCUT2D eigenvalue weighted by molar-refractivity contribution is 0.0990. The lowest BCUT2D eigenvalue weighted by atomic mass is 9.47. The second-order valence-electron chi connectivity index (χ2n) is 7.51. The third-order valence-corrected chi connectivity index (χ3v) is 7.28. The van der Waals surface area contributed by atoms with E-state index < -0.39 is 4.83 Å². The molecule has 0 heterocycles. The van der Waals surface area contributed by atoms with Gasteiger partial charge in [-0.2, -0.15) is 0 Å². The Balaban J connectivity index is 2.73. The van der Waals surface area contributed by atoms with Crippen LogP contribution >= 0.6 is 15.9 Å². The van der Waals surface area contributed by atoms with Crippen molar-refractivity contribution in [1.29, 1.82) is 0 Å². The summed E-state index contributed by atoms with van der Waals surface area (Å²) in [5.41, 5.74) is 11.8. The summed E-state index contributed by atoms with van der Waals surface area (Å²) in [4.78, 5) is 13.0. The van der Waals surface area contributed by atoms with Crippen LogP contribution in [0.4, 0.5) is 0 Å². The van der Waals surface area contributed by atoms with Gasteiger partial charge in [-0.3, -0.25) is 4.79 Å². The highest BCUT2D eigenvalue weighted by atomic mass is 79.9. The first-order valence-electron chi connectivity index (χ1n) is 9.16. The summed E-state index contributed by atoms with van der Waals surface area (Å²) in [5.74, 6) is 0.0391. The van der Waals surface area contributed by atoms with E-state index >= 15 is 0 Å². The molecule has 0 N–H and O–H groups in total. The van der Waals surface area contributed by atoms with E-state index in [1.54, 1.807) is 0 Å². The maximum Gasteiger partial charge on any atom is 0.181 e. The van der Waals surface area contributed by atoms with Gasteiger partial charge in [-0.05, 0) is 99.9 Å². The lowest BCUT2D eigenvalue weighted by Gasteiger charge is -2.25. The quantitative estimate of drug-likeness (QED) is 0.421. The molecule has 0 aliphatic carbocycles. The fraction of sp³-hybridized carbons (Fsp3) is 0.409. The number of ketones is 1. The van der Waals surface area contributed by atoms with Crippen molar-refractivity contribution in [3.63, 3.8) is 0 Å². The van der Waals surface area contributed by atoms with Crippen molar-refractivity contribution in [2.75, 3.05) is 0 Å². The molecule has 2 aromatic rings. The lowest BCUT2D eigenvalue weighted by Crippen LogP contribution is -2.39. The van der Waals surface area contributed by atoms with Crippen molar-refractivity contribution in [3.8, 4) is 0 Å². The molecule has 2 rings (SSSR count). The predicted octanol–water partition coefficient (Wildman–Crippen LogP) is 3.68. The van der Waals surface area contributed by atoms with E-state index in [1.807, 2.05) is 34.6 Å². The number of Topliss-reactive ketones (excluding diaryl/α,β-unsaturated/α-hetero) is 1. The Hall–Kier alpha value is -1.22. The number of benzene rings is 2. The van der Waals surface area contributed by atoms with Gasteiger partial charge in [0, 0.05) is 13.3 Å². The smallest absolute Gasteiger partial charge is 0.181 e. The first-order chi connectivity index (χ1) is 12.5. The maximum absolute atomic E-state index is 13.6. The Morgan fingerprint density at radius 2 is 1.19 bits per heavy atom. The summed E-state index contributed by atoms with van der Waals surface area (Å²) < 4.78 is 0. The van der Waals surface area contributed by atoms with Gasteiger partial charge in [0.15, 0.2) is 5.78 Å². The van der Waals surface area contributed by atoms with Crippen LogP contribution < -0.4 is 10.9 Å². The van der Waals surface area contributed by atoms with E-state index in [0.717, 1.165) is 44.4 Å². The number of hydrogen-bond acceptors (Lipinski definition) is 1. The molecule has 0 fully saturated rings. The van der Waals surface area contributed by atoms with Gasteiger partial charge >= 0.3 is 0 Å². The summed E-state index contributed by atoms with van der Waals surface area (Å²) >= 11 is 3.66. The van der Waals surface area contributed by atoms with Crippen molar-refractivity contribution in [1.82, 2.24) is 0 Å². The molecule has 1 unspecified atom stereocenters. The van der Waals surface area contributed by atoms with Crippen molar-refractivity contribution >= 4 is 55.4 Å². The van der Waals surface area contributed by atoms with Crippen LogP contribution in [0.1, 0.15) is 65.3 Å². The molecule has 27 heavy (non-hydrogen) atoms. The minimum absolute atomic E-state index is 0.0391. The van der Waals surface area contributed by atoms with Crippen LogP contribution in [-0.4, -0.2) is 28.5 Å². The Labute approximate surface area is 175 Å². The van der Waals surface area contributed by atoms with Gasteiger partial charge in [0.1, 0.15) is 12.7 Å². The average molecular weight is 418 g/mol. The second-order valence-corrected chi connectivity index (χ2v) is 8.43. The van der Waals surface area contributed by atoms with E-state index in [0.29, 0.717) is 5.46 Å². The normalized spacial score (nSPS) is 12.2. The minimum Gasteiger partial charge on any atom is -0.293 e. The average Bonchev–Trinajstić information content (AvgIpc) is 2.63. The maximum atomic E-state index is 13.6. The fourth-order valence-corrected chi connectivity index (χ4v) is 4.72. The summed E-state index contributed by atoms with van der Waals surface area (Å²) in [5, 5.41) is 0. The first-order valence-corrected chi connectivity index (χ1v) is 10.1. The summed E-state index contributed by atoms with van der Waals surface area (Å²) in [6.45, 7) is 16.4. The molecule has 2 aromatic carbocycles. The Morgan fingerprint density at radius 1 is 0.778 bits per heavy atom. The Bertz CT molecular complexity index is 919. The zero-order chi connectivity index (χ0) is 20.8. The Kier molecular flexibility index (Phi) is 6.57. The third-order valence-electron chi connectivity index (χ3n) is 6.41. The molecule has 0 bridgehead atoms. The van der Waals surface area contributed by atoms with Crippen molar-refractivity contribution in [2.24, 2.45) is 0 Å². The van der Waals surface area contributed by atoms with Crippen LogP contribution in [0.15, 0.2) is 0 Å². The van der Waals surface area contributed by atoms with E-state index in [2.05, 4.69) is 36.7 Å². The zero-order valence-corrected chi connectivity index (χ0v) is 19.2. The van der Waals surface area contributed by atoms with E-state index in [1.165, 1.54) is 23.9 Å². The van der Waals surface area contributed by atoms with Crippen molar-refractivity contribution < 1.29 is 4.79 Å². The Morgan fingerprint density at radius 3 is 1.63 bits per heavy atom. The number of carbonyl (C=O) groups is 1. The molecular formula is C22H25B3BrO. The van der Waals surface area contributed by atoms with Crippen LogP contribution in [0.3, 0.4) is 0 Å². The molecule has 1 nitrogen and oxygen atoms in total. The van der Waals surface area contributed by atoms with Gasteiger partial charge in [-0.25, -0.2) is 0 Å². The molecule has 0 aliphatic heterocycles. The topological polar surface area (TPSA) is 17.1 Å². The summed E-state index contributed by atoms with van der Waals surface area (Å²) in [7, 11) is 13.8. The van der Waals surface area contributed by atoms with Gasteiger partial charge in [0.05, 0.1) is 7.17 Å². The van der Waals surface area contributed by atoms with E-state index in [4.69, 9.17) is 15.6 Å². The first kappa shape index (κ1) is 22.1. The van der Waals surface area contributed by atoms with Gasteiger partial charge in [0.2, 0.25) is 0 Å². The highest BCUT2D eigenvalue weighted by Crippen LogP contribution is 2.34. The fourth-order valence-electron chi connectivity index (χ4n) is 3.90. The number of hydrogen-bond donors (Lipinski definition) is 0. The molecule has 5 heteroatoms. The van der Waals surface area contributed by atoms with Crippen molar-refractivity contribution in [3.05, 3.63) is 55.6 Å². The van der Waals surface area contributed by atoms with Crippen molar-refractivity contribution in [2.45, 2.75) is 60.2 Å². The standard InChI is InChI=1S/C22H25B3BrO/c1-9-10(2)13(5)17(14(6)11(9)3)22(27)21(26)18-15(7)12(4)16(8)20(25-24)19(18)23/h21H,1-8H3. The number of alkyl halides is 1. The van der Waals surface area contributed by atoms with Gasteiger partial charge in [-0.1, -0.05) is 27.0 Å². The van der Waals surface area contributed by atoms with Crippen LogP contribution in [0, 0.1) is 55.4 Å². The van der Waals surface area contributed by atoms with E-state index in [-0.39, 0.29) is 5.78 Å². The van der Waals surface area contributed by atoms with Crippen LogP contribution in [0.25, 0.3) is 0 Å². The highest BCUT2D eigenvalue weighted by molar-refractivity contribution is 9.09. The SMILES string of the molecule is [B][B]c1c([B])c(C(Br)C(=O)c2c(C)c(C)c(C)c(C)c2C)c(C)c(C)c1C. The predicted molar refractivity (Wildman–Crippen MR) is 123 cm³/mol. The molecule has 0 amide bonds. The molecule has 0 saturated heterocycles. The monoisotopic (exact) mass is 417 g/mol. The number of halogens is 1. The van der Waals surface area contributed by atoms with Crippen LogP contribution in [0.2, 0.25) is 0 Å². The molecule has 135 valence electrons. The molecule has 5 radical (unpaired) electrons. The molecule has 0 spiro atoms. The molecule has 1 atom stereocenters. The largest absolute Gasteiger partial charge is 0.293 e. The van der Waals surface area contributed by atoms with E-state index in [9.17, 15) is 4.79 Å². The molecule has 0 aromatic heterocycles. The molecule has 0 aliphatic rings. The summed E-state index contributed by atoms with van der Waals surface area (Å²) in [6, 6.07) is 0. The summed E-state index contributed by atoms with van der Waals surface area (Å²) in [6.07, 6.45) is 0. The number of rotatable bonds is 4. The van der Waals surface area contributed by atoms with Gasteiger partial charge < -0.3 is 0 Å². The minimum atomic E-state index is -0.519. The van der Waals surface area contributed by atoms with Crippen LogP contribution in [-0.2, 0) is 0 Å². The number of carbonyl (C=O) groups excluding carboxylic acids is 1. The highest BCUT2D eigenvalue weighted by Gasteiger charge is 2.28. The zero-order valence-electron chi connectivity index (χ0n) is 17.6. The third kappa shape index (κ3) is 3.48. The molecular weight excluding hydrogens is 393 g/mol. The second kappa shape index (κ2) is 8.03.